The number of hydrogen-bond donors (Lipinski definition) is 1. The Hall–Kier alpha value is -1.06. The van der Waals surface area contributed by atoms with E-state index in [0.29, 0.717) is 6.61 Å². The molecule has 1 heterocycles. The molecule has 0 radical (unpaired) electrons. The normalized spacial score (nSPS) is 30.0. The zero-order valence-corrected chi connectivity index (χ0v) is 12.6. The Kier molecular flexibility index (Phi) is 3.43. The summed E-state index contributed by atoms with van der Waals surface area (Å²) in [7, 11) is 0. The molecule has 3 nitrogen and oxygen atoms in total. The minimum Gasteiger partial charge on any atom is -0.491 e. The lowest BCUT2D eigenvalue weighted by molar-refractivity contribution is -0.0508. The summed E-state index contributed by atoms with van der Waals surface area (Å²) in [6.45, 7) is 0.687. The van der Waals surface area contributed by atoms with Crippen molar-refractivity contribution in [1.82, 2.24) is 0 Å². The smallest absolute Gasteiger partial charge is 0.119 e. The fraction of sp³-hybridized carbons (Fsp3) is 0.667. The summed E-state index contributed by atoms with van der Waals surface area (Å²) in [4.78, 5) is 0. The summed E-state index contributed by atoms with van der Waals surface area (Å²) < 4.78 is 12.3. The second-order valence-corrected chi connectivity index (χ2v) is 6.99. The van der Waals surface area contributed by atoms with Gasteiger partial charge in [0.2, 0.25) is 0 Å². The fourth-order valence-electron chi connectivity index (χ4n) is 4.31. The molecule has 1 spiro atoms. The van der Waals surface area contributed by atoms with Crippen molar-refractivity contribution in [2.45, 2.75) is 69.1 Å². The highest BCUT2D eigenvalue weighted by molar-refractivity contribution is 5.40. The summed E-state index contributed by atoms with van der Waals surface area (Å²) >= 11 is 0. The number of aryl methyl sites for hydroxylation is 1. The maximum absolute atomic E-state index is 6.30. The molecule has 0 bridgehead atoms. The molecule has 0 amide bonds. The summed E-state index contributed by atoms with van der Waals surface area (Å²) in [6.07, 6.45) is 9.95. The van der Waals surface area contributed by atoms with E-state index < -0.39 is 0 Å². The predicted octanol–water partition coefficient (Wildman–Crippen LogP) is 3.50. The number of fused-ring (bicyclic) bond motifs is 1. The molecule has 21 heavy (non-hydrogen) atoms. The van der Waals surface area contributed by atoms with Crippen LogP contribution in [0.25, 0.3) is 0 Å². The molecule has 4 rings (SSSR count). The van der Waals surface area contributed by atoms with Gasteiger partial charge >= 0.3 is 0 Å². The van der Waals surface area contributed by atoms with Gasteiger partial charge in [0.15, 0.2) is 0 Å². The van der Waals surface area contributed by atoms with Gasteiger partial charge in [-0.3, -0.25) is 0 Å². The van der Waals surface area contributed by atoms with Gasteiger partial charge in [0.1, 0.15) is 12.4 Å². The summed E-state index contributed by atoms with van der Waals surface area (Å²) in [5.41, 5.74) is 8.94. The Labute approximate surface area is 126 Å². The number of ether oxygens (including phenoxy) is 2. The van der Waals surface area contributed by atoms with Crippen LogP contribution in [0.1, 0.15) is 62.1 Å². The monoisotopic (exact) mass is 287 g/mol. The lowest BCUT2D eigenvalue weighted by Crippen LogP contribution is -2.27. The molecule has 114 valence electrons. The van der Waals surface area contributed by atoms with Gasteiger partial charge in [-0.05, 0) is 61.8 Å². The molecule has 2 aliphatic carbocycles. The fourth-order valence-corrected chi connectivity index (χ4v) is 4.31. The third-order valence-corrected chi connectivity index (χ3v) is 5.53. The molecule has 1 aliphatic heterocycles. The van der Waals surface area contributed by atoms with Crippen LogP contribution in [-0.2, 0) is 11.2 Å². The highest BCUT2D eigenvalue weighted by Crippen LogP contribution is 2.43. The Morgan fingerprint density at radius 1 is 1.19 bits per heavy atom. The lowest BCUT2D eigenvalue weighted by Gasteiger charge is -2.23. The van der Waals surface area contributed by atoms with E-state index in [-0.39, 0.29) is 17.7 Å². The molecule has 1 aromatic carbocycles. The molecule has 3 heteroatoms. The first-order chi connectivity index (χ1) is 10.2. The van der Waals surface area contributed by atoms with Crippen LogP contribution in [0.5, 0.6) is 5.75 Å². The van der Waals surface area contributed by atoms with Gasteiger partial charge in [0, 0.05) is 6.04 Å². The number of nitrogens with two attached hydrogens (primary N) is 1. The molecule has 3 aliphatic rings. The first-order valence-electron chi connectivity index (χ1n) is 8.43. The average molecular weight is 287 g/mol. The Morgan fingerprint density at radius 3 is 2.90 bits per heavy atom. The van der Waals surface area contributed by atoms with Gasteiger partial charge in [0.25, 0.3) is 0 Å². The highest BCUT2D eigenvalue weighted by atomic mass is 16.6. The van der Waals surface area contributed by atoms with Crippen LogP contribution in [-0.4, -0.2) is 18.3 Å². The van der Waals surface area contributed by atoms with Crippen molar-refractivity contribution in [3.05, 3.63) is 29.3 Å². The Bertz CT molecular complexity index is 522. The van der Waals surface area contributed by atoms with Crippen molar-refractivity contribution in [2.75, 3.05) is 6.61 Å². The average Bonchev–Trinajstić information content (AvgIpc) is 3.20. The van der Waals surface area contributed by atoms with Crippen LogP contribution in [0.15, 0.2) is 18.2 Å². The van der Waals surface area contributed by atoms with E-state index in [1.807, 2.05) is 0 Å². The maximum atomic E-state index is 6.30. The molecule has 1 saturated heterocycles. The van der Waals surface area contributed by atoms with E-state index in [0.717, 1.165) is 25.0 Å². The van der Waals surface area contributed by atoms with Gasteiger partial charge in [-0.15, -0.1) is 0 Å². The largest absolute Gasteiger partial charge is 0.491 e. The standard InChI is InChI=1S/C18H25NO2/c19-17-6-3-13-11-14(4-5-16(13)17)20-12-15-7-10-18(21-15)8-1-2-9-18/h4-5,11,15,17H,1-3,6-10,12,19H2/t15?,17-/m0/s1. The van der Waals surface area contributed by atoms with E-state index in [9.17, 15) is 0 Å². The molecule has 2 atom stereocenters. The van der Waals surface area contributed by atoms with Crippen LogP contribution in [0.2, 0.25) is 0 Å². The third kappa shape index (κ3) is 2.58. The number of hydrogen-bond acceptors (Lipinski definition) is 3. The highest BCUT2D eigenvalue weighted by Gasteiger charge is 2.42. The minimum absolute atomic E-state index is 0.207. The first kappa shape index (κ1) is 13.6. The Morgan fingerprint density at radius 2 is 2.05 bits per heavy atom. The van der Waals surface area contributed by atoms with Gasteiger partial charge in [-0.25, -0.2) is 0 Å². The first-order valence-corrected chi connectivity index (χ1v) is 8.43. The summed E-state index contributed by atoms with van der Waals surface area (Å²) in [5.74, 6) is 0.971. The molecule has 1 saturated carbocycles. The van der Waals surface area contributed by atoms with Crippen LogP contribution in [0.3, 0.4) is 0 Å². The van der Waals surface area contributed by atoms with Crippen LogP contribution in [0, 0.1) is 0 Å². The zero-order valence-electron chi connectivity index (χ0n) is 12.6. The molecule has 1 aromatic rings. The zero-order chi connectivity index (χ0) is 14.3. The minimum atomic E-state index is 0.207. The SMILES string of the molecule is N[C@H]1CCc2cc(OCC3CCC4(CCCC4)O3)ccc21. The quantitative estimate of drug-likeness (QED) is 0.925. The molecule has 0 aromatic heterocycles. The van der Waals surface area contributed by atoms with Gasteiger partial charge in [-0.2, -0.15) is 0 Å². The topological polar surface area (TPSA) is 44.5 Å². The maximum Gasteiger partial charge on any atom is 0.119 e. The summed E-state index contributed by atoms with van der Waals surface area (Å²) in [6, 6.07) is 6.58. The van der Waals surface area contributed by atoms with E-state index in [4.69, 9.17) is 15.2 Å². The molecular weight excluding hydrogens is 262 g/mol. The summed E-state index contributed by atoms with van der Waals surface area (Å²) in [5, 5.41) is 0. The van der Waals surface area contributed by atoms with Crippen LogP contribution >= 0.6 is 0 Å². The van der Waals surface area contributed by atoms with Crippen molar-refractivity contribution < 1.29 is 9.47 Å². The van der Waals surface area contributed by atoms with Crippen molar-refractivity contribution >= 4 is 0 Å². The van der Waals surface area contributed by atoms with Gasteiger partial charge in [-0.1, -0.05) is 18.9 Å². The van der Waals surface area contributed by atoms with E-state index >= 15 is 0 Å². The number of benzene rings is 1. The second-order valence-electron chi connectivity index (χ2n) is 6.99. The van der Waals surface area contributed by atoms with Crippen LogP contribution < -0.4 is 10.5 Å². The van der Waals surface area contributed by atoms with Crippen molar-refractivity contribution in [1.29, 1.82) is 0 Å². The molecular formula is C18H25NO2. The van der Waals surface area contributed by atoms with E-state index in [1.165, 1.54) is 43.2 Å². The van der Waals surface area contributed by atoms with Crippen LogP contribution in [0.4, 0.5) is 0 Å². The van der Waals surface area contributed by atoms with Gasteiger partial charge in [0.05, 0.1) is 11.7 Å². The van der Waals surface area contributed by atoms with E-state index in [1.54, 1.807) is 0 Å². The predicted molar refractivity (Wildman–Crippen MR) is 82.5 cm³/mol. The van der Waals surface area contributed by atoms with Crippen molar-refractivity contribution in [3.63, 3.8) is 0 Å². The number of rotatable bonds is 3. The van der Waals surface area contributed by atoms with Gasteiger partial charge < -0.3 is 15.2 Å². The molecule has 2 fully saturated rings. The van der Waals surface area contributed by atoms with E-state index in [2.05, 4.69) is 18.2 Å². The van der Waals surface area contributed by atoms with Crippen molar-refractivity contribution in [3.8, 4) is 5.75 Å². The lowest BCUT2D eigenvalue weighted by atomic mass is 9.98. The second kappa shape index (κ2) is 5.29. The molecule has 1 unspecified atom stereocenters. The third-order valence-electron chi connectivity index (χ3n) is 5.53. The Balaban J connectivity index is 1.35. The van der Waals surface area contributed by atoms with Crippen molar-refractivity contribution in [2.24, 2.45) is 5.73 Å². The molecule has 2 N–H and O–H groups in total.